The van der Waals surface area contributed by atoms with Gasteiger partial charge in [0.05, 0.1) is 32.3 Å². The van der Waals surface area contributed by atoms with Crippen molar-refractivity contribution in [2.45, 2.75) is 16.6 Å². The minimum Gasteiger partial charge on any atom is -0.493 e. The smallest absolute Gasteiger partial charge is 0.203 e. The van der Waals surface area contributed by atoms with Crippen LogP contribution in [-0.4, -0.2) is 27.9 Å². The molecule has 0 amide bonds. The summed E-state index contributed by atoms with van der Waals surface area (Å²) in [7, 11) is 4.80. The molecule has 0 N–H and O–H groups in total. The number of nitroso groups, excluding NO2 is 1. The summed E-state index contributed by atoms with van der Waals surface area (Å²) in [6.07, 6.45) is 0.768. The van der Waals surface area contributed by atoms with Gasteiger partial charge in [0, 0.05) is 16.7 Å². The minimum absolute atomic E-state index is 0.140. The predicted octanol–water partition coefficient (Wildman–Crippen LogP) is 4.44. The third-order valence-corrected chi connectivity index (χ3v) is 5.56. The van der Waals surface area contributed by atoms with Crippen molar-refractivity contribution in [3.05, 3.63) is 46.9 Å². The maximum Gasteiger partial charge on any atom is 0.203 e. The molecule has 1 heterocycles. The van der Waals surface area contributed by atoms with Crippen LogP contribution in [0.1, 0.15) is 17.2 Å². The van der Waals surface area contributed by atoms with Gasteiger partial charge in [0.2, 0.25) is 5.75 Å². The van der Waals surface area contributed by atoms with Gasteiger partial charge < -0.3 is 14.2 Å². The van der Waals surface area contributed by atoms with E-state index >= 15 is 0 Å². The molecular weight excluding hydrogens is 340 g/mol. The van der Waals surface area contributed by atoms with Gasteiger partial charge in [0.1, 0.15) is 0 Å². The Bertz CT molecular complexity index is 743. The maximum atomic E-state index is 11.2. The zero-order valence-corrected chi connectivity index (χ0v) is 15.2. The van der Waals surface area contributed by atoms with E-state index in [9.17, 15) is 4.91 Å². The fourth-order valence-electron chi connectivity index (χ4n) is 2.95. The molecule has 0 saturated heterocycles. The highest BCUT2D eigenvalue weighted by molar-refractivity contribution is 7.99. The fraction of sp³-hybridized carbons (Fsp3) is 0.333. The number of nitrogens with zero attached hydrogens (tertiary/aromatic N) is 2. The molecule has 1 aliphatic rings. The number of thioether (sulfide) groups is 1. The third-order valence-electron chi connectivity index (χ3n) is 4.17. The van der Waals surface area contributed by atoms with Crippen LogP contribution in [0.2, 0.25) is 0 Å². The number of anilines is 1. The van der Waals surface area contributed by atoms with E-state index in [1.165, 1.54) is 5.01 Å². The SMILES string of the molecule is COc1cc(C2CCN(N=O)c3ccccc3S2)cc(OC)c1OC. The Hall–Kier alpha value is -2.41. The Morgan fingerprint density at radius 1 is 1.08 bits per heavy atom. The molecule has 1 unspecified atom stereocenters. The molecule has 6 nitrogen and oxygen atoms in total. The average Bonchev–Trinajstić information content (AvgIpc) is 2.85. The van der Waals surface area contributed by atoms with Crippen molar-refractivity contribution < 1.29 is 14.2 Å². The number of hydrogen-bond acceptors (Lipinski definition) is 6. The van der Waals surface area contributed by atoms with Gasteiger partial charge in [-0.1, -0.05) is 12.1 Å². The quantitative estimate of drug-likeness (QED) is 0.735. The van der Waals surface area contributed by atoms with Crippen LogP contribution in [-0.2, 0) is 0 Å². The molecule has 3 rings (SSSR count). The van der Waals surface area contributed by atoms with Crippen LogP contribution in [0.15, 0.2) is 46.6 Å². The first-order chi connectivity index (χ1) is 12.2. The normalized spacial score (nSPS) is 16.6. The highest BCUT2D eigenvalue weighted by Crippen LogP contribution is 2.48. The van der Waals surface area contributed by atoms with Crippen molar-refractivity contribution in [2.75, 3.05) is 32.9 Å². The van der Waals surface area contributed by atoms with E-state index in [4.69, 9.17) is 14.2 Å². The summed E-state index contributed by atoms with van der Waals surface area (Å²) in [6.45, 7) is 0.550. The van der Waals surface area contributed by atoms with Gasteiger partial charge in [0.15, 0.2) is 11.5 Å². The zero-order valence-electron chi connectivity index (χ0n) is 14.4. The first kappa shape index (κ1) is 17.4. The summed E-state index contributed by atoms with van der Waals surface area (Å²) >= 11 is 1.71. The Morgan fingerprint density at radius 3 is 2.36 bits per heavy atom. The topological polar surface area (TPSA) is 60.4 Å². The molecule has 25 heavy (non-hydrogen) atoms. The van der Waals surface area contributed by atoms with E-state index in [0.29, 0.717) is 23.8 Å². The van der Waals surface area contributed by atoms with Crippen LogP contribution in [0, 0.1) is 4.91 Å². The molecule has 0 radical (unpaired) electrons. The van der Waals surface area contributed by atoms with Crippen molar-refractivity contribution >= 4 is 17.4 Å². The van der Waals surface area contributed by atoms with Gasteiger partial charge >= 0.3 is 0 Å². The molecule has 0 saturated carbocycles. The summed E-state index contributed by atoms with van der Waals surface area (Å²) in [5.41, 5.74) is 1.90. The Balaban J connectivity index is 2.01. The third kappa shape index (κ3) is 3.37. The van der Waals surface area contributed by atoms with Gasteiger partial charge in [0.25, 0.3) is 0 Å². The predicted molar refractivity (Wildman–Crippen MR) is 98.9 cm³/mol. The molecule has 2 aromatic rings. The average molecular weight is 360 g/mol. The van der Waals surface area contributed by atoms with Gasteiger partial charge in [-0.05, 0) is 36.2 Å². The van der Waals surface area contributed by atoms with E-state index in [1.54, 1.807) is 33.1 Å². The van der Waals surface area contributed by atoms with E-state index in [1.807, 2.05) is 36.4 Å². The Kier molecular flexibility index (Phi) is 5.33. The molecule has 2 aromatic carbocycles. The number of benzene rings is 2. The number of fused-ring (bicyclic) bond motifs is 1. The van der Waals surface area contributed by atoms with Crippen LogP contribution < -0.4 is 19.2 Å². The summed E-state index contributed by atoms with van der Waals surface area (Å²) in [6, 6.07) is 11.7. The standard InChI is InChI=1S/C18H20N2O4S/c1-22-14-10-12(11-15(23-2)18(14)24-3)16-8-9-20(19-21)13-6-4-5-7-17(13)25-16/h4-7,10-11,16H,8-9H2,1-3H3. The largest absolute Gasteiger partial charge is 0.493 e. The molecule has 0 bridgehead atoms. The molecule has 0 spiro atoms. The lowest BCUT2D eigenvalue weighted by Gasteiger charge is -2.19. The summed E-state index contributed by atoms with van der Waals surface area (Å²) < 4.78 is 16.3. The molecule has 0 aromatic heterocycles. The van der Waals surface area contributed by atoms with Crippen molar-refractivity contribution in [2.24, 2.45) is 5.29 Å². The Morgan fingerprint density at radius 2 is 1.76 bits per heavy atom. The van der Waals surface area contributed by atoms with Gasteiger partial charge in [-0.2, -0.15) is 0 Å². The Labute approximate surface area is 151 Å². The van der Waals surface area contributed by atoms with E-state index in [-0.39, 0.29) is 5.25 Å². The molecule has 1 aliphatic heterocycles. The van der Waals surface area contributed by atoms with Crippen LogP contribution >= 0.6 is 11.8 Å². The number of rotatable bonds is 5. The first-order valence-electron chi connectivity index (χ1n) is 7.88. The van der Waals surface area contributed by atoms with Crippen LogP contribution in [0.5, 0.6) is 17.2 Å². The maximum absolute atomic E-state index is 11.2. The highest BCUT2D eigenvalue weighted by atomic mass is 32.2. The van der Waals surface area contributed by atoms with E-state index < -0.39 is 0 Å². The van der Waals surface area contributed by atoms with Crippen LogP contribution in [0.25, 0.3) is 0 Å². The van der Waals surface area contributed by atoms with E-state index in [2.05, 4.69) is 5.29 Å². The van der Waals surface area contributed by atoms with Crippen molar-refractivity contribution in [3.8, 4) is 17.2 Å². The van der Waals surface area contributed by atoms with Crippen molar-refractivity contribution in [1.82, 2.24) is 0 Å². The zero-order chi connectivity index (χ0) is 17.8. The summed E-state index contributed by atoms with van der Waals surface area (Å²) in [5, 5.41) is 4.83. The lowest BCUT2D eigenvalue weighted by Crippen LogP contribution is -2.16. The molecule has 0 fully saturated rings. The number of para-hydroxylation sites is 1. The lowest BCUT2D eigenvalue weighted by atomic mass is 10.1. The second-order valence-corrected chi connectivity index (χ2v) is 6.77. The van der Waals surface area contributed by atoms with Crippen LogP contribution in [0.4, 0.5) is 5.69 Å². The number of methoxy groups -OCH3 is 3. The first-order valence-corrected chi connectivity index (χ1v) is 8.76. The van der Waals surface area contributed by atoms with Crippen molar-refractivity contribution in [1.29, 1.82) is 0 Å². The minimum atomic E-state index is 0.140. The highest BCUT2D eigenvalue weighted by Gasteiger charge is 2.26. The summed E-state index contributed by atoms with van der Waals surface area (Å²) in [5.74, 6) is 1.82. The monoisotopic (exact) mass is 360 g/mol. The molecular formula is C18H20N2O4S. The second-order valence-electron chi connectivity index (χ2n) is 5.53. The lowest BCUT2D eigenvalue weighted by molar-refractivity contribution is 0.323. The second kappa shape index (κ2) is 7.65. The molecule has 132 valence electrons. The summed E-state index contributed by atoms with van der Waals surface area (Å²) in [4.78, 5) is 12.2. The van der Waals surface area contributed by atoms with Crippen LogP contribution in [0.3, 0.4) is 0 Å². The number of hydrogen-bond donors (Lipinski definition) is 0. The van der Waals surface area contributed by atoms with Gasteiger partial charge in [-0.3, -0.25) is 0 Å². The van der Waals surface area contributed by atoms with E-state index in [0.717, 1.165) is 22.6 Å². The molecule has 7 heteroatoms. The van der Waals surface area contributed by atoms with Crippen molar-refractivity contribution in [3.63, 3.8) is 0 Å². The molecule has 0 aliphatic carbocycles. The molecule has 1 atom stereocenters. The van der Waals surface area contributed by atoms with Gasteiger partial charge in [-0.25, -0.2) is 5.01 Å². The number of ether oxygens (including phenoxy) is 3. The fourth-order valence-corrected chi connectivity index (χ4v) is 4.20. The van der Waals surface area contributed by atoms with Gasteiger partial charge in [-0.15, -0.1) is 16.7 Å².